The zero-order valence-corrected chi connectivity index (χ0v) is 15.1. The Morgan fingerprint density at radius 2 is 1.84 bits per heavy atom. The molecule has 0 unspecified atom stereocenters. The van der Waals surface area contributed by atoms with Crippen molar-refractivity contribution in [3.05, 3.63) is 30.1 Å². The fraction of sp³-hybridized carbons (Fsp3) is 0.562. The second-order valence-electron chi connectivity index (χ2n) is 6.71. The SMILES string of the molecule is CN(C)C(=O)N1CCN(C(=O)Cc2cccnc2)[C@@H]2CS(=O)(=O)C[C@@H]21. The standard InChI is InChI=1S/C16H22N4O4S/c1-18(2)16(22)20-7-6-19(13-10-25(23,24)11-14(13)20)15(21)8-12-4-3-5-17-9-12/h3-5,9,13-14H,6-8,10-11H2,1-2H3/t13-,14+/m1/s1. The Labute approximate surface area is 147 Å². The molecule has 2 aliphatic heterocycles. The molecule has 25 heavy (non-hydrogen) atoms. The van der Waals surface area contributed by atoms with Gasteiger partial charge in [0.2, 0.25) is 5.91 Å². The van der Waals surface area contributed by atoms with Crippen LogP contribution in [0.5, 0.6) is 0 Å². The Kier molecular flexibility index (Phi) is 4.68. The van der Waals surface area contributed by atoms with Crippen LogP contribution < -0.4 is 0 Å². The van der Waals surface area contributed by atoms with E-state index < -0.39 is 21.9 Å². The van der Waals surface area contributed by atoms with E-state index in [0.717, 1.165) is 5.56 Å². The van der Waals surface area contributed by atoms with Crippen LogP contribution in [0.3, 0.4) is 0 Å². The van der Waals surface area contributed by atoms with Gasteiger partial charge in [-0.2, -0.15) is 0 Å². The number of carbonyl (C=O) groups is 2. The van der Waals surface area contributed by atoms with Crippen molar-refractivity contribution < 1.29 is 18.0 Å². The van der Waals surface area contributed by atoms with Gasteiger partial charge in [0.1, 0.15) is 0 Å². The fourth-order valence-corrected chi connectivity index (χ4v) is 5.52. The number of hydrogen-bond acceptors (Lipinski definition) is 5. The third-order valence-electron chi connectivity index (χ3n) is 4.70. The number of pyridine rings is 1. The van der Waals surface area contributed by atoms with Crippen molar-refractivity contribution in [2.45, 2.75) is 18.5 Å². The minimum absolute atomic E-state index is 0.0894. The van der Waals surface area contributed by atoms with Crippen LogP contribution in [0.2, 0.25) is 0 Å². The van der Waals surface area contributed by atoms with E-state index in [-0.39, 0.29) is 29.9 Å². The van der Waals surface area contributed by atoms with Crippen molar-refractivity contribution in [2.24, 2.45) is 0 Å². The van der Waals surface area contributed by atoms with Crippen LogP contribution >= 0.6 is 0 Å². The zero-order chi connectivity index (χ0) is 18.2. The quantitative estimate of drug-likeness (QED) is 0.711. The number of nitrogens with zero attached hydrogens (tertiary/aromatic N) is 4. The summed E-state index contributed by atoms with van der Waals surface area (Å²) in [5.74, 6) is -0.307. The molecule has 1 aromatic heterocycles. The van der Waals surface area contributed by atoms with E-state index in [1.54, 1.807) is 42.4 Å². The fourth-order valence-electron chi connectivity index (χ4n) is 3.54. The summed E-state index contributed by atoms with van der Waals surface area (Å²) in [6, 6.07) is 2.41. The number of aromatic nitrogens is 1. The van der Waals surface area contributed by atoms with Gasteiger partial charge in [0, 0.05) is 39.6 Å². The van der Waals surface area contributed by atoms with Crippen molar-refractivity contribution in [3.8, 4) is 0 Å². The molecule has 0 aromatic carbocycles. The van der Waals surface area contributed by atoms with Gasteiger partial charge in [-0.3, -0.25) is 9.78 Å². The van der Waals surface area contributed by atoms with Gasteiger partial charge in [0.05, 0.1) is 30.0 Å². The first-order valence-corrected chi connectivity index (χ1v) is 9.97. The number of rotatable bonds is 2. The topological polar surface area (TPSA) is 90.9 Å². The third kappa shape index (κ3) is 3.60. The first-order valence-electron chi connectivity index (χ1n) is 8.15. The molecule has 0 N–H and O–H groups in total. The van der Waals surface area contributed by atoms with Crippen molar-refractivity contribution in [3.63, 3.8) is 0 Å². The second-order valence-corrected chi connectivity index (χ2v) is 8.86. The summed E-state index contributed by atoms with van der Waals surface area (Å²) in [4.78, 5) is 33.7. The van der Waals surface area contributed by atoms with Gasteiger partial charge in [-0.1, -0.05) is 6.07 Å². The van der Waals surface area contributed by atoms with Gasteiger partial charge in [-0.15, -0.1) is 0 Å². The molecule has 0 radical (unpaired) electrons. The minimum atomic E-state index is -3.28. The van der Waals surface area contributed by atoms with E-state index in [1.807, 2.05) is 6.07 Å². The predicted octanol–water partition coefficient (Wildman–Crippen LogP) is -0.384. The molecular formula is C16H22N4O4S. The molecular weight excluding hydrogens is 344 g/mol. The second kappa shape index (κ2) is 6.62. The average Bonchev–Trinajstić information content (AvgIpc) is 2.88. The van der Waals surface area contributed by atoms with Crippen molar-refractivity contribution in [2.75, 3.05) is 38.7 Å². The Hall–Kier alpha value is -2.16. The number of carbonyl (C=O) groups excluding carboxylic acids is 2. The van der Waals surface area contributed by atoms with Crippen LogP contribution in [-0.4, -0.2) is 90.8 Å². The van der Waals surface area contributed by atoms with Crippen LogP contribution in [0.15, 0.2) is 24.5 Å². The number of amides is 3. The Morgan fingerprint density at radius 1 is 1.20 bits per heavy atom. The summed E-state index contributed by atoms with van der Waals surface area (Å²) in [6.45, 7) is 0.682. The van der Waals surface area contributed by atoms with Gasteiger partial charge in [-0.25, -0.2) is 13.2 Å². The molecule has 9 heteroatoms. The Bertz CT molecular complexity index is 766. The summed E-state index contributed by atoms with van der Waals surface area (Å²) in [7, 11) is 0.000301. The normalized spacial score (nSPS) is 24.7. The van der Waals surface area contributed by atoms with Gasteiger partial charge < -0.3 is 14.7 Å². The molecule has 1 aromatic rings. The highest BCUT2D eigenvalue weighted by Gasteiger charge is 2.49. The summed E-state index contributed by atoms with van der Waals surface area (Å²) in [5, 5.41) is 0. The van der Waals surface area contributed by atoms with Crippen molar-refractivity contribution in [1.29, 1.82) is 0 Å². The first kappa shape index (κ1) is 17.7. The highest BCUT2D eigenvalue weighted by atomic mass is 32.2. The molecule has 0 saturated carbocycles. The van der Waals surface area contributed by atoms with E-state index in [9.17, 15) is 18.0 Å². The molecule has 0 aliphatic carbocycles. The lowest BCUT2D eigenvalue weighted by Gasteiger charge is -2.44. The molecule has 0 bridgehead atoms. The third-order valence-corrected chi connectivity index (χ3v) is 6.40. The van der Waals surface area contributed by atoms with Gasteiger partial charge >= 0.3 is 6.03 Å². The van der Waals surface area contributed by atoms with Crippen LogP contribution in [0, 0.1) is 0 Å². The summed E-state index contributed by atoms with van der Waals surface area (Å²) in [6.07, 6.45) is 3.45. The van der Waals surface area contributed by atoms with Crippen LogP contribution in [-0.2, 0) is 21.1 Å². The van der Waals surface area contributed by atoms with E-state index >= 15 is 0 Å². The van der Waals surface area contributed by atoms with E-state index in [1.165, 1.54) is 4.90 Å². The van der Waals surface area contributed by atoms with Crippen LogP contribution in [0.4, 0.5) is 4.79 Å². The lowest BCUT2D eigenvalue weighted by Crippen LogP contribution is -2.63. The lowest BCUT2D eigenvalue weighted by molar-refractivity contribution is -0.135. The van der Waals surface area contributed by atoms with Crippen molar-refractivity contribution >= 4 is 21.8 Å². The molecule has 3 amide bonds. The number of hydrogen-bond donors (Lipinski definition) is 0. The molecule has 2 fully saturated rings. The zero-order valence-electron chi connectivity index (χ0n) is 14.3. The van der Waals surface area contributed by atoms with Crippen LogP contribution in [0.25, 0.3) is 0 Å². The lowest BCUT2D eigenvalue weighted by atomic mass is 10.0. The number of piperazine rings is 1. The monoisotopic (exact) mass is 366 g/mol. The maximum atomic E-state index is 12.7. The minimum Gasteiger partial charge on any atom is -0.335 e. The predicted molar refractivity (Wildman–Crippen MR) is 91.7 cm³/mol. The smallest absolute Gasteiger partial charge is 0.319 e. The highest BCUT2D eigenvalue weighted by Crippen LogP contribution is 2.28. The van der Waals surface area contributed by atoms with Crippen LogP contribution in [0.1, 0.15) is 5.56 Å². The largest absolute Gasteiger partial charge is 0.335 e. The van der Waals surface area contributed by atoms with Crippen molar-refractivity contribution in [1.82, 2.24) is 19.7 Å². The first-order chi connectivity index (χ1) is 11.8. The maximum Gasteiger partial charge on any atom is 0.319 e. The molecule has 136 valence electrons. The average molecular weight is 366 g/mol. The van der Waals surface area contributed by atoms with E-state index in [4.69, 9.17) is 0 Å². The molecule has 0 spiro atoms. The number of urea groups is 1. The highest BCUT2D eigenvalue weighted by molar-refractivity contribution is 7.91. The number of fused-ring (bicyclic) bond motifs is 1. The molecule has 2 aliphatic rings. The molecule has 2 saturated heterocycles. The molecule has 3 heterocycles. The maximum absolute atomic E-state index is 12.7. The van der Waals surface area contributed by atoms with E-state index in [0.29, 0.717) is 13.1 Å². The van der Waals surface area contributed by atoms with Gasteiger partial charge in [-0.05, 0) is 11.6 Å². The molecule has 3 rings (SSSR count). The summed E-state index contributed by atoms with van der Waals surface area (Å²) < 4.78 is 24.3. The Morgan fingerprint density at radius 3 is 2.44 bits per heavy atom. The summed E-state index contributed by atoms with van der Waals surface area (Å²) >= 11 is 0. The van der Waals surface area contributed by atoms with Gasteiger partial charge in [0.25, 0.3) is 0 Å². The Balaban J connectivity index is 1.81. The van der Waals surface area contributed by atoms with Gasteiger partial charge in [0.15, 0.2) is 9.84 Å². The molecule has 8 nitrogen and oxygen atoms in total. The summed E-state index contributed by atoms with van der Waals surface area (Å²) in [5.41, 5.74) is 0.789. The molecule has 2 atom stereocenters. The number of sulfone groups is 1. The van der Waals surface area contributed by atoms with E-state index in [2.05, 4.69) is 4.98 Å².